The topological polar surface area (TPSA) is 85.8 Å². The Labute approximate surface area is 163 Å². The zero-order valence-electron chi connectivity index (χ0n) is 16.1. The molecule has 1 spiro atoms. The Morgan fingerprint density at radius 2 is 1.89 bits per heavy atom. The first-order chi connectivity index (χ1) is 13.6. The van der Waals surface area contributed by atoms with E-state index >= 15 is 0 Å². The predicted octanol–water partition coefficient (Wildman–Crippen LogP) is 2.39. The number of nitrogens with one attached hydrogen (secondary N) is 1. The number of carbonyl (C=O) groups excluding carboxylic acids is 1. The molecule has 0 unspecified atom stereocenters. The summed E-state index contributed by atoms with van der Waals surface area (Å²) in [5, 5.41) is 11.2. The number of hydrogen-bond donors (Lipinski definition) is 1. The zero-order valence-corrected chi connectivity index (χ0v) is 16.1. The number of benzene rings is 1. The van der Waals surface area contributed by atoms with E-state index in [1.54, 1.807) is 13.2 Å². The molecule has 2 aromatic rings. The van der Waals surface area contributed by atoms with Crippen molar-refractivity contribution in [2.75, 3.05) is 43.6 Å². The molecule has 4 rings (SSSR count). The van der Waals surface area contributed by atoms with Crippen LogP contribution in [0.2, 0.25) is 0 Å². The zero-order chi connectivity index (χ0) is 19.6. The largest absolute Gasteiger partial charge is 0.495 e. The molecule has 1 N–H and O–H groups in total. The van der Waals surface area contributed by atoms with Gasteiger partial charge in [0, 0.05) is 25.9 Å². The average Bonchev–Trinajstić information content (AvgIpc) is 3.17. The van der Waals surface area contributed by atoms with Gasteiger partial charge in [-0.3, -0.25) is 4.79 Å². The standard InChI is InChI=1S/C20H24N4O4/c1-14-3-5-17(26-2)16(13-14)21-19(25)15-4-6-18(23-22-15)24-9-7-20(8-10-24)27-11-12-28-20/h3-6,13H,7-12H2,1-2H3,(H,21,25). The van der Waals surface area contributed by atoms with Crippen LogP contribution in [0.25, 0.3) is 0 Å². The number of carbonyl (C=O) groups is 1. The Hall–Kier alpha value is -2.71. The molecule has 1 aromatic heterocycles. The van der Waals surface area contributed by atoms with Crippen LogP contribution in [0, 0.1) is 6.92 Å². The molecule has 8 nitrogen and oxygen atoms in total. The lowest BCUT2D eigenvalue weighted by Gasteiger charge is -2.37. The maximum absolute atomic E-state index is 12.5. The second-order valence-electron chi connectivity index (χ2n) is 7.03. The summed E-state index contributed by atoms with van der Waals surface area (Å²) in [5.74, 6) is 0.601. The van der Waals surface area contributed by atoms with Gasteiger partial charge < -0.3 is 24.4 Å². The molecule has 0 saturated carbocycles. The number of rotatable bonds is 4. The van der Waals surface area contributed by atoms with Crippen LogP contribution in [0.15, 0.2) is 30.3 Å². The van der Waals surface area contributed by atoms with Crippen molar-refractivity contribution < 1.29 is 19.0 Å². The van der Waals surface area contributed by atoms with Crippen molar-refractivity contribution in [2.45, 2.75) is 25.6 Å². The maximum atomic E-state index is 12.5. The first-order valence-electron chi connectivity index (χ1n) is 9.41. The minimum Gasteiger partial charge on any atom is -0.495 e. The third kappa shape index (κ3) is 3.79. The molecule has 28 heavy (non-hydrogen) atoms. The third-order valence-corrected chi connectivity index (χ3v) is 5.15. The van der Waals surface area contributed by atoms with Gasteiger partial charge in [-0.1, -0.05) is 6.07 Å². The summed E-state index contributed by atoms with van der Waals surface area (Å²) in [5.41, 5.74) is 1.88. The Kier molecular flexibility index (Phi) is 5.15. The molecule has 1 amide bonds. The van der Waals surface area contributed by atoms with Crippen LogP contribution in [0.5, 0.6) is 5.75 Å². The molecule has 1 aromatic carbocycles. The smallest absolute Gasteiger partial charge is 0.276 e. The minimum absolute atomic E-state index is 0.253. The monoisotopic (exact) mass is 384 g/mol. The first-order valence-corrected chi connectivity index (χ1v) is 9.41. The summed E-state index contributed by atoms with van der Waals surface area (Å²) in [6, 6.07) is 9.11. The summed E-state index contributed by atoms with van der Waals surface area (Å²) in [4.78, 5) is 14.7. The molecular weight excluding hydrogens is 360 g/mol. The van der Waals surface area contributed by atoms with Gasteiger partial charge >= 0.3 is 0 Å². The van der Waals surface area contributed by atoms with Crippen molar-refractivity contribution in [3.63, 3.8) is 0 Å². The summed E-state index contributed by atoms with van der Waals surface area (Å²) in [7, 11) is 1.57. The lowest BCUT2D eigenvalue weighted by atomic mass is 10.0. The molecule has 3 heterocycles. The number of amides is 1. The van der Waals surface area contributed by atoms with Crippen LogP contribution in [-0.2, 0) is 9.47 Å². The van der Waals surface area contributed by atoms with Gasteiger partial charge in [0.1, 0.15) is 5.75 Å². The van der Waals surface area contributed by atoms with Crippen molar-refractivity contribution in [1.82, 2.24) is 10.2 Å². The van der Waals surface area contributed by atoms with Crippen molar-refractivity contribution in [2.24, 2.45) is 0 Å². The minimum atomic E-state index is -0.420. The van der Waals surface area contributed by atoms with Gasteiger partial charge in [-0.15, -0.1) is 10.2 Å². The molecule has 2 aliphatic heterocycles. The van der Waals surface area contributed by atoms with Gasteiger partial charge in [0.2, 0.25) is 0 Å². The number of methoxy groups -OCH3 is 1. The van der Waals surface area contributed by atoms with Crippen molar-refractivity contribution in [3.05, 3.63) is 41.6 Å². The Morgan fingerprint density at radius 3 is 2.54 bits per heavy atom. The summed E-state index contributed by atoms with van der Waals surface area (Å²) in [6.07, 6.45) is 1.59. The SMILES string of the molecule is COc1ccc(C)cc1NC(=O)c1ccc(N2CCC3(CC2)OCCO3)nn1. The Bertz CT molecular complexity index is 840. The lowest BCUT2D eigenvalue weighted by Crippen LogP contribution is -2.45. The second-order valence-corrected chi connectivity index (χ2v) is 7.03. The quantitative estimate of drug-likeness (QED) is 0.866. The van der Waals surface area contributed by atoms with Crippen molar-refractivity contribution >= 4 is 17.4 Å². The van der Waals surface area contributed by atoms with Crippen LogP contribution < -0.4 is 15.0 Å². The molecule has 148 valence electrons. The third-order valence-electron chi connectivity index (χ3n) is 5.15. The fraction of sp³-hybridized carbons (Fsp3) is 0.450. The van der Waals surface area contributed by atoms with Gasteiger partial charge in [0.15, 0.2) is 17.3 Å². The van der Waals surface area contributed by atoms with E-state index in [9.17, 15) is 4.79 Å². The van der Waals surface area contributed by atoms with Crippen molar-refractivity contribution in [1.29, 1.82) is 0 Å². The Balaban J connectivity index is 1.41. The highest BCUT2D eigenvalue weighted by atomic mass is 16.7. The molecule has 0 bridgehead atoms. The van der Waals surface area contributed by atoms with E-state index in [0.717, 1.165) is 37.3 Å². The number of aryl methyl sites for hydroxylation is 1. The molecule has 2 aliphatic rings. The lowest BCUT2D eigenvalue weighted by molar-refractivity contribution is -0.169. The van der Waals surface area contributed by atoms with Gasteiger partial charge in [-0.25, -0.2) is 0 Å². The summed E-state index contributed by atoms with van der Waals surface area (Å²) in [6.45, 7) is 4.83. The fourth-order valence-corrected chi connectivity index (χ4v) is 3.58. The number of hydrogen-bond acceptors (Lipinski definition) is 7. The first kappa shape index (κ1) is 18.6. The van der Waals surface area contributed by atoms with Gasteiger partial charge in [-0.05, 0) is 36.8 Å². The van der Waals surface area contributed by atoms with Crippen LogP contribution in [0.4, 0.5) is 11.5 Å². The fourth-order valence-electron chi connectivity index (χ4n) is 3.58. The van der Waals surface area contributed by atoms with Gasteiger partial charge in [0.25, 0.3) is 5.91 Å². The number of anilines is 2. The summed E-state index contributed by atoms with van der Waals surface area (Å²) >= 11 is 0. The van der Waals surface area contributed by atoms with E-state index in [4.69, 9.17) is 14.2 Å². The van der Waals surface area contributed by atoms with E-state index in [0.29, 0.717) is 24.7 Å². The highest BCUT2D eigenvalue weighted by molar-refractivity contribution is 6.03. The molecule has 2 fully saturated rings. The second kappa shape index (κ2) is 7.73. The molecule has 2 saturated heterocycles. The molecule has 0 atom stereocenters. The van der Waals surface area contributed by atoms with Gasteiger partial charge in [0.05, 0.1) is 26.0 Å². The molecule has 8 heteroatoms. The molecular formula is C20H24N4O4. The highest BCUT2D eigenvalue weighted by Gasteiger charge is 2.40. The number of nitrogens with zero attached hydrogens (tertiary/aromatic N) is 3. The summed E-state index contributed by atoms with van der Waals surface area (Å²) < 4.78 is 16.8. The average molecular weight is 384 g/mol. The van der Waals surface area contributed by atoms with E-state index in [-0.39, 0.29) is 11.6 Å². The highest BCUT2D eigenvalue weighted by Crippen LogP contribution is 2.32. The number of ether oxygens (including phenoxy) is 3. The van der Waals surface area contributed by atoms with Crippen LogP contribution in [-0.4, -0.2) is 55.3 Å². The number of piperidine rings is 1. The van der Waals surface area contributed by atoms with E-state index in [1.165, 1.54) is 0 Å². The molecule has 0 radical (unpaired) electrons. The van der Waals surface area contributed by atoms with Crippen LogP contribution in [0.3, 0.4) is 0 Å². The maximum Gasteiger partial charge on any atom is 0.276 e. The van der Waals surface area contributed by atoms with E-state index in [2.05, 4.69) is 20.4 Å². The van der Waals surface area contributed by atoms with E-state index < -0.39 is 5.79 Å². The van der Waals surface area contributed by atoms with Gasteiger partial charge in [-0.2, -0.15) is 0 Å². The van der Waals surface area contributed by atoms with E-state index in [1.807, 2.05) is 31.2 Å². The van der Waals surface area contributed by atoms with Crippen LogP contribution >= 0.6 is 0 Å². The van der Waals surface area contributed by atoms with Crippen molar-refractivity contribution in [3.8, 4) is 5.75 Å². The molecule has 0 aliphatic carbocycles. The number of aromatic nitrogens is 2. The normalized spacial score (nSPS) is 18.3. The predicted molar refractivity (Wildman–Crippen MR) is 104 cm³/mol. The van der Waals surface area contributed by atoms with Crippen LogP contribution in [0.1, 0.15) is 28.9 Å². The Morgan fingerprint density at radius 1 is 1.14 bits per heavy atom.